The molecule has 5 heterocycles. The van der Waals surface area contributed by atoms with E-state index in [1.165, 1.54) is 59.2 Å². The number of fused-ring (bicyclic) bond motifs is 13. The molecule has 0 unspecified atom stereocenters. The number of ether oxygens (including phenoxy) is 1. The van der Waals surface area contributed by atoms with Gasteiger partial charge < -0.3 is 18.4 Å². The van der Waals surface area contributed by atoms with Crippen molar-refractivity contribution >= 4 is 54.6 Å². The van der Waals surface area contributed by atoms with Crippen molar-refractivity contribution in [2.45, 2.75) is 53.6 Å². The third-order valence-electron chi connectivity index (χ3n) is 16.4. The van der Waals surface area contributed by atoms with Gasteiger partial charge in [-0.15, -0.1) is 29.7 Å². The first-order chi connectivity index (χ1) is 50.1. The summed E-state index contributed by atoms with van der Waals surface area (Å²) < 4.78 is 201. The number of para-hydroxylation sites is 3. The number of imidazole rings is 1. The third-order valence-corrected chi connectivity index (χ3v) is 16.4. The molecule has 16 rings (SSSR count). The maximum Gasteiger partial charge on any atom is 0.268 e. The Hall–Kier alpha value is -9.87. The summed E-state index contributed by atoms with van der Waals surface area (Å²) in [4.78, 5) is 4.85. The Morgan fingerprint density at radius 3 is 1.63 bits per heavy atom. The Morgan fingerprint density at radius 2 is 1.02 bits per heavy atom. The molecular weight excluding hydrogens is 1240 g/mol. The number of hydrogen-bond acceptors (Lipinski definition) is 2. The SMILES string of the molecule is [2H]c1c([2H])c([2H])c2c(c1[2H])-c1cc(-c3c(C([2H])([2H])[2H])cccc3C([2H])([2H])[2H])cc(-n3c4ccccc4c4ccccc43)c1-[n+]1[c-]n(-c3[c-]c(Oc4[c-]c5c(cc4)c4ccccc4n5-c4cc(C(C)(C)C)ccn4)ccc3)c3cc(-c4c(C([2H])([2H])[2H])cccc4C([2H])([2H])[2H])cc(c31)-c1c([2H])c([2H])c([2H])c([2H])c1-2.[Pt]. The van der Waals surface area contributed by atoms with Crippen molar-refractivity contribution in [3.05, 3.63) is 277 Å². The van der Waals surface area contributed by atoms with E-state index in [2.05, 4.69) is 39.2 Å². The second kappa shape index (κ2) is 20.7. The molecule has 0 spiro atoms. The van der Waals surface area contributed by atoms with Gasteiger partial charge in [-0.3, -0.25) is 4.57 Å². The van der Waals surface area contributed by atoms with Crippen LogP contribution in [0, 0.1) is 45.9 Å². The van der Waals surface area contributed by atoms with E-state index in [4.69, 9.17) is 26.2 Å². The molecule has 0 N–H and O–H groups in total. The Bertz CT molecular complexity index is 6180. The molecule has 15 aromatic rings. The topological polar surface area (TPSA) is 40.8 Å². The molecular formula is C80H59N5OPt-2. The van der Waals surface area contributed by atoms with Gasteiger partial charge in [-0.2, -0.15) is 18.2 Å². The molecule has 1 aliphatic rings. The van der Waals surface area contributed by atoms with Gasteiger partial charge in [0.25, 0.3) is 6.33 Å². The minimum absolute atomic E-state index is 0. The van der Waals surface area contributed by atoms with Gasteiger partial charge in [0.15, 0.2) is 0 Å². The molecule has 0 fully saturated rings. The van der Waals surface area contributed by atoms with Crippen LogP contribution in [0.5, 0.6) is 11.5 Å². The fraction of sp³-hybridized carbons (Fsp3) is 0.100. The summed E-state index contributed by atoms with van der Waals surface area (Å²) in [5.74, 6) is 1.03. The van der Waals surface area contributed by atoms with Crippen LogP contribution < -0.4 is 9.30 Å². The largest absolute Gasteiger partial charge is 0.510 e. The normalized spacial score (nSPS) is 15.9. The van der Waals surface area contributed by atoms with E-state index < -0.39 is 98.0 Å². The van der Waals surface area contributed by atoms with Gasteiger partial charge in [0.2, 0.25) is 0 Å². The molecule has 0 bridgehead atoms. The molecule has 0 aliphatic carbocycles. The smallest absolute Gasteiger partial charge is 0.268 e. The Balaban J connectivity index is 0.00000915. The summed E-state index contributed by atoms with van der Waals surface area (Å²) in [5.41, 5.74) is -0.458. The van der Waals surface area contributed by atoms with Gasteiger partial charge >= 0.3 is 0 Å². The van der Waals surface area contributed by atoms with Crippen molar-refractivity contribution in [2.75, 3.05) is 0 Å². The average molecular weight is 1320 g/mol. The number of aromatic nitrogens is 5. The molecule has 7 heteroatoms. The molecule has 0 saturated heterocycles. The van der Waals surface area contributed by atoms with Gasteiger partial charge in [0.05, 0.1) is 44.4 Å². The quantitative estimate of drug-likeness (QED) is 0.118. The standard InChI is InChI=1S/C80H59N5O.Pt/c1-49-21-18-22-50(2)76(49)53-41-67-61-29-10-8-27-59(61)60-28-9-11-30-62(60)68-42-54(77-51(3)23-19-24-52(77)4)44-74(84-69-34-15-12-31-63(69)64-32-13-16-35-70(64)84)79(68)83-48-82(73(43-53)78(67)83)56-25-20-26-57(46-56)86-58-37-38-66-65-33-14-17-36-71(65)85(72(66)47-58)75-45-55(39-40-81-75)80(5,6)7;/h8-45H,1-7H3;/q-2;/i1D3,2D3,3D3,4D3,8D,9D,10D,11D,27D,28D,29D,30D;. The first kappa shape index (κ1) is 36.2. The molecule has 0 atom stereocenters. The van der Waals surface area contributed by atoms with Crippen LogP contribution in [-0.4, -0.2) is 18.7 Å². The maximum absolute atomic E-state index is 10.3. The van der Waals surface area contributed by atoms with Crippen LogP contribution in [0.4, 0.5) is 0 Å². The zero-order valence-corrected chi connectivity index (χ0v) is 49.1. The van der Waals surface area contributed by atoms with Gasteiger partial charge in [0, 0.05) is 71.5 Å². The fourth-order valence-electron chi connectivity index (χ4n) is 12.5. The minimum atomic E-state index is -3.00. The second-order valence-electron chi connectivity index (χ2n) is 22.5. The van der Waals surface area contributed by atoms with E-state index in [-0.39, 0.29) is 122 Å². The molecule has 11 aromatic carbocycles. The van der Waals surface area contributed by atoms with Gasteiger partial charge in [-0.1, -0.05) is 172 Å². The zero-order valence-electron chi connectivity index (χ0n) is 66.8. The molecule has 1 aliphatic heterocycles. The third kappa shape index (κ3) is 8.63. The summed E-state index contributed by atoms with van der Waals surface area (Å²) in [6.07, 6.45) is 5.35. The van der Waals surface area contributed by atoms with Crippen LogP contribution in [0.25, 0.3) is 133 Å². The first-order valence-corrected chi connectivity index (χ1v) is 28.0. The maximum atomic E-state index is 10.3. The van der Waals surface area contributed by atoms with Crippen LogP contribution in [0.2, 0.25) is 0 Å². The van der Waals surface area contributed by atoms with Crippen molar-refractivity contribution in [3.63, 3.8) is 0 Å². The number of hydrogen-bond donors (Lipinski definition) is 0. The van der Waals surface area contributed by atoms with Crippen molar-refractivity contribution < 1.29 is 57.8 Å². The Kier molecular flexibility index (Phi) is 8.61. The van der Waals surface area contributed by atoms with Gasteiger partial charge in [0.1, 0.15) is 5.82 Å². The monoisotopic (exact) mass is 1320 g/mol. The molecule has 0 amide bonds. The summed E-state index contributed by atoms with van der Waals surface area (Å²) >= 11 is 0. The first-order valence-electron chi connectivity index (χ1n) is 38.0. The molecule has 422 valence electrons. The van der Waals surface area contributed by atoms with E-state index in [0.717, 1.165) is 21.9 Å². The molecule has 87 heavy (non-hydrogen) atoms. The van der Waals surface area contributed by atoms with E-state index >= 15 is 0 Å². The van der Waals surface area contributed by atoms with E-state index in [0.29, 0.717) is 33.1 Å². The molecule has 0 saturated carbocycles. The van der Waals surface area contributed by atoms with Crippen LogP contribution >= 0.6 is 0 Å². The van der Waals surface area contributed by atoms with Crippen LogP contribution in [0.1, 0.15) is 76.0 Å². The van der Waals surface area contributed by atoms with Gasteiger partial charge in [-0.25, -0.2) is 4.98 Å². The van der Waals surface area contributed by atoms with Crippen molar-refractivity contribution in [2.24, 2.45) is 0 Å². The number of rotatable bonds is 7. The summed E-state index contributed by atoms with van der Waals surface area (Å²) in [7, 11) is 0. The van der Waals surface area contributed by atoms with E-state index in [1.54, 1.807) is 53.2 Å². The van der Waals surface area contributed by atoms with E-state index in [1.807, 2.05) is 88.0 Å². The fourth-order valence-corrected chi connectivity index (χ4v) is 12.5. The van der Waals surface area contributed by atoms with Crippen LogP contribution in [0.3, 0.4) is 0 Å². The number of pyridine rings is 1. The summed E-state index contributed by atoms with van der Waals surface area (Å²) in [6, 6.07) is 49.9. The number of aryl methyl sites for hydroxylation is 4. The average Bonchev–Trinajstić information content (AvgIpc) is 1.67. The van der Waals surface area contributed by atoms with Crippen LogP contribution in [0.15, 0.2) is 230 Å². The molecule has 0 radical (unpaired) electrons. The Morgan fingerprint density at radius 1 is 0.494 bits per heavy atom. The molecule has 4 aromatic heterocycles. The zero-order chi connectivity index (χ0) is 75.1. The number of nitrogens with zero attached hydrogens (tertiary/aromatic N) is 5. The summed E-state index contributed by atoms with van der Waals surface area (Å²) in [6.45, 7) is -5.62. The van der Waals surface area contributed by atoms with Crippen molar-refractivity contribution in [1.82, 2.24) is 18.7 Å². The minimum Gasteiger partial charge on any atom is -0.510 e. The van der Waals surface area contributed by atoms with Crippen molar-refractivity contribution in [1.29, 1.82) is 0 Å². The number of benzene rings is 11. The van der Waals surface area contributed by atoms with Crippen LogP contribution in [-0.2, 0) is 26.5 Å². The Labute approximate surface area is 549 Å². The van der Waals surface area contributed by atoms with E-state index in [9.17, 15) is 11.0 Å². The molecule has 6 nitrogen and oxygen atoms in total. The summed E-state index contributed by atoms with van der Waals surface area (Å²) in [5, 5.41) is 3.22. The van der Waals surface area contributed by atoms with Gasteiger partial charge in [-0.05, 0) is 176 Å². The second-order valence-corrected chi connectivity index (χ2v) is 22.5. The predicted molar refractivity (Wildman–Crippen MR) is 353 cm³/mol. The predicted octanol–water partition coefficient (Wildman–Crippen LogP) is 19.9. The van der Waals surface area contributed by atoms with Crippen molar-refractivity contribution in [3.8, 4) is 90.0 Å².